The summed E-state index contributed by atoms with van der Waals surface area (Å²) in [6.07, 6.45) is 1.84. The van der Waals surface area contributed by atoms with Crippen LogP contribution < -0.4 is 0 Å². The van der Waals surface area contributed by atoms with Crippen molar-refractivity contribution in [3.05, 3.63) is 71.9 Å². The molecule has 4 heteroatoms. The number of rotatable bonds is 6. The van der Waals surface area contributed by atoms with Crippen molar-refractivity contribution >= 4 is 28.6 Å². The molecule has 0 radical (unpaired) electrons. The van der Waals surface area contributed by atoms with Crippen molar-refractivity contribution < 1.29 is 9.90 Å². The fraction of sp³-hybridized carbons (Fsp3) is 0.211. The first-order valence-corrected chi connectivity index (χ1v) is 8.68. The third-order valence-electron chi connectivity index (χ3n) is 4.16. The molecule has 0 aliphatic rings. The van der Waals surface area contributed by atoms with Crippen molar-refractivity contribution in [3.8, 4) is 0 Å². The first-order chi connectivity index (χ1) is 11.1. The van der Waals surface area contributed by atoms with Crippen molar-refractivity contribution in [3.63, 3.8) is 0 Å². The van der Waals surface area contributed by atoms with E-state index in [2.05, 4.69) is 17.1 Å². The van der Waals surface area contributed by atoms with Crippen LogP contribution in [0, 0.1) is 0 Å². The van der Waals surface area contributed by atoms with Gasteiger partial charge in [-0.25, -0.2) is 0 Å². The van der Waals surface area contributed by atoms with Crippen LogP contribution in [0.5, 0.6) is 0 Å². The maximum atomic E-state index is 12.0. The van der Waals surface area contributed by atoms with Gasteiger partial charge in [-0.2, -0.15) is 11.8 Å². The molecule has 1 atom stereocenters. The number of nitrogens with one attached hydrogen (secondary N) is 1. The summed E-state index contributed by atoms with van der Waals surface area (Å²) >= 11 is 1.65. The Morgan fingerprint density at radius 3 is 2.57 bits per heavy atom. The lowest BCUT2D eigenvalue weighted by molar-refractivity contribution is -0.142. The van der Waals surface area contributed by atoms with Crippen molar-refractivity contribution in [1.29, 1.82) is 0 Å². The van der Waals surface area contributed by atoms with E-state index in [4.69, 9.17) is 0 Å². The molecule has 0 saturated heterocycles. The fourth-order valence-corrected chi connectivity index (χ4v) is 3.95. The lowest BCUT2D eigenvalue weighted by atomic mass is 9.84. The summed E-state index contributed by atoms with van der Waals surface area (Å²) < 4.78 is 0. The van der Waals surface area contributed by atoms with Crippen LogP contribution in [0.2, 0.25) is 0 Å². The Bertz CT molecular complexity index is 812. The van der Waals surface area contributed by atoms with Crippen LogP contribution in [-0.2, 0) is 16.0 Å². The second-order valence-electron chi connectivity index (χ2n) is 5.86. The molecule has 23 heavy (non-hydrogen) atoms. The summed E-state index contributed by atoms with van der Waals surface area (Å²) in [7, 11) is 0. The number of carboxylic acids is 1. The molecule has 3 rings (SSSR count). The third-order valence-corrected chi connectivity index (χ3v) is 5.48. The quantitative estimate of drug-likeness (QED) is 0.704. The van der Waals surface area contributed by atoms with Gasteiger partial charge in [0.15, 0.2) is 0 Å². The van der Waals surface area contributed by atoms with Crippen LogP contribution in [0.25, 0.3) is 10.9 Å². The number of aromatic nitrogens is 1. The summed E-state index contributed by atoms with van der Waals surface area (Å²) in [5.41, 5.74) is 2.12. The Labute approximate surface area is 139 Å². The number of para-hydroxylation sites is 1. The Kier molecular flexibility index (Phi) is 4.44. The minimum absolute atomic E-state index is 0.527. The molecule has 2 N–H and O–H groups in total. The van der Waals surface area contributed by atoms with Gasteiger partial charge in [0.25, 0.3) is 0 Å². The van der Waals surface area contributed by atoms with E-state index in [-0.39, 0.29) is 0 Å². The van der Waals surface area contributed by atoms with Gasteiger partial charge in [-0.1, -0.05) is 48.5 Å². The molecule has 0 amide bonds. The smallest absolute Gasteiger partial charge is 0.314 e. The molecule has 3 aromatic rings. The maximum Gasteiger partial charge on any atom is 0.314 e. The van der Waals surface area contributed by atoms with Gasteiger partial charge in [0, 0.05) is 28.6 Å². The second-order valence-corrected chi connectivity index (χ2v) is 6.85. The number of hydrogen-bond acceptors (Lipinski definition) is 2. The van der Waals surface area contributed by atoms with Crippen LogP contribution in [0.4, 0.5) is 0 Å². The minimum Gasteiger partial charge on any atom is -0.481 e. The first kappa shape index (κ1) is 15.7. The summed E-state index contributed by atoms with van der Waals surface area (Å²) in [4.78, 5) is 15.2. The molecule has 118 valence electrons. The molecule has 1 heterocycles. The molecule has 0 aliphatic heterocycles. The summed E-state index contributed by atoms with van der Waals surface area (Å²) in [5.74, 6) is 0.549. The number of benzene rings is 2. The van der Waals surface area contributed by atoms with E-state index >= 15 is 0 Å². The van der Waals surface area contributed by atoms with Crippen LogP contribution in [0.3, 0.4) is 0 Å². The van der Waals surface area contributed by atoms with Gasteiger partial charge in [0.1, 0.15) is 5.41 Å². The number of fused-ring (bicyclic) bond motifs is 1. The van der Waals surface area contributed by atoms with Crippen LogP contribution >= 0.6 is 11.8 Å². The number of hydrogen-bond donors (Lipinski definition) is 2. The highest BCUT2D eigenvalue weighted by atomic mass is 32.2. The van der Waals surface area contributed by atoms with Gasteiger partial charge < -0.3 is 10.1 Å². The average molecular weight is 325 g/mol. The molecular formula is C19H19NO2S. The van der Waals surface area contributed by atoms with Gasteiger partial charge in [-0.15, -0.1) is 0 Å². The van der Waals surface area contributed by atoms with Gasteiger partial charge in [-0.3, -0.25) is 4.79 Å². The molecular weight excluding hydrogens is 306 g/mol. The highest BCUT2D eigenvalue weighted by molar-refractivity contribution is 7.98. The van der Waals surface area contributed by atoms with Crippen molar-refractivity contribution in [2.45, 2.75) is 18.1 Å². The van der Waals surface area contributed by atoms with Crippen LogP contribution in [0.1, 0.15) is 18.1 Å². The molecule has 0 saturated carbocycles. The third kappa shape index (κ3) is 3.13. The van der Waals surface area contributed by atoms with Gasteiger partial charge >= 0.3 is 5.97 Å². The Morgan fingerprint density at radius 1 is 1.13 bits per heavy atom. The summed E-state index contributed by atoms with van der Waals surface area (Å²) in [6.45, 7) is 1.81. The molecule has 1 unspecified atom stereocenters. The van der Waals surface area contributed by atoms with E-state index in [1.165, 1.54) is 5.56 Å². The normalized spacial score (nSPS) is 13.8. The van der Waals surface area contributed by atoms with Gasteiger partial charge in [-0.05, 0) is 24.1 Å². The molecule has 0 aliphatic carbocycles. The fourth-order valence-electron chi connectivity index (χ4n) is 2.73. The number of H-pyrrole nitrogens is 1. The lowest BCUT2D eigenvalue weighted by Gasteiger charge is -2.24. The largest absolute Gasteiger partial charge is 0.481 e. The lowest BCUT2D eigenvalue weighted by Crippen LogP contribution is -2.35. The number of aromatic amines is 1. The SMILES string of the molecule is CC(CSCc1ccccc1)(C(=O)O)c1c[nH]c2ccccc12. The van der Waals surface area contributed by atoms with E-state index < -0.39 is 11.4 Å². The number of carboxylic acid groups (broad SMARTS) is 1. The molecule has 0 spiro atoms. The predicted molar refractivity (Wildman–Crippen MR) is 95.9 cm³/mol. The van der Waals surface area contributed by atoms with E-state index in [0.717, 1.165) is 22.2 Å². The van der Waals surface area contributed by atoms with Crippen LogP contribution in [0.15, 0.2) is 60.8 Å². The molecule has 1 aromatic heterocycles. The maximum absolute atomic E-state index is 12.0. The molecule has 0 fully saturated rings. The van der Waals surface area contributed by atoms with Crippen molar-refractivity contribution in [2.75, 3.05) is 5.75 Å². The number of carbonyl (C=O) groups is 1. The number of thioether (sulfide) groups is 1. The summed E-state index contributed by atoms with van der Waals surface area (Å²) in [6, 6.07) is 18.0. The zero-order valence-electron chi connectivity index (χ0n) is 13.0. The van der Waals surface area contributed by atoms with E-state index in [0.29, 0.717) is 5.75 Å². The highest BCUT2D eigenvalue weighted by Gasteiger charge is 2.37. The average Bonchev–Trinajstić information content (AvgIpc) is 3.00. The minimum atomic E-state index is -0.918. The van der Waals surface area contributed by atoms with Gasteiger partial charge in [0.2, 0.25) is 0 Å². The molecule has 3 nitrogen and oxygen atoms in total. The summed E-state index contributed by atoms with van der Waals surface area (Å²) in [5, 5.41) is 10.8. The first-order valence-electron chi connectivity index (χ1n) is 7.53. The van der Waals surface area contributed by atoms with Crippen LogP contribution in [-0.4, -0.2) is 21.8 Å². The predicted octanol–water partition coefficient (Wildman–Crippen LogP) is 4.44. The zero-order chi connectivity index (χ0) is 16.3. The van der Waals surface area contributed by atoms with E-state index in [9.17, 15) is 9.90 Å². The van der Waals surface area contributed by atoms with Gasteiger partial charge in [0.05, 0.1) is 0 Å². The second kappa shape index (κ2) is 6.50. The Hall–Kier alpha value is -2.20. The van der Waals surface area contributed by atoms with Crippen molar-refractivity contribution in [1.82, 2.24) is 4.98 Å². The van der Waals surface area contributed by atoms with E-state index in [1.807, 2.05) is 55.6 Å². The standard InChI is InChI=1S/C19H19NO2S/c1-19(18(21)22,13-23-12-14-7-3-2-4-8-14)16-11-20-17-10-6-5-9-15(16)17/h2-11,20H,12-13H2,1H3,(H,21,22). The highest BCUT2D eigenvalue weighted by Crippen LogP contribution is 2.34. The van der Waals surface area contributed by atoms with Crippen molar-refractivity contribution in [2.24, 2.45) is 0 Å². The topological polar surface area (TPSA) is 53.1 Å². The zero-order valence-corrected chi connectivity index (χ0v) is 13.8. The number of aliphatic carboxylic acids is 1. The monoisotopic (exact) mass is 325 g/mol. The van der Waals surface area contributed by atoms with E-state index in [1.54, 1.807) is 11.8 Å². The molecule has 0 bridgehead atoms. The Morgan fingerprint density at radius 2 is 1.83 bits per heavy atom. The molecule has 2 aromatic carbocycles. The Balaban J connectivity index is 1.83.